The molecule has 98 valence electrons. The van der Waals surface area contributed by atoms with Crippen LogP contribution in [-0.4, -0.2) is 24.2 Å². The summed E-state index contributed by atoms with van der Waals surface area (Å²) in [6.45, 7) is 0.644. The van der Waals surface area contributed by atoms with Crippen molar-refractivity contribution in [3.05, 3.63) is 29.6 Å². The van der Waals surface area contributed by atoms with Crippen molar-refractivity contribution in [1.82, 2.24) is 5.32 Å². The van der Waals surface area contributed by atoms with Crippen molar-refractivity contribution >= 4 is 11.6 Å². The SMILES string of the molecule is Nc1cc(F)cc(C(=O)NCC2(CCO)CC2)c1. The highest BCUT2D eigenvalue weighted by molar-refractivity contribution is 5.95. The molecule has 0 saturated heterocycles. The Labute approximate surface area is 105 Å². The Balaban J connectivity index is 1.95. The van der Waals surface area contributed by atoms with Crippen molar-refractivity contribution in [3.63, 3.8) is 0 Å². The summed E-state index contributed by atoms with van der Waals surface area (Å²) in [6.07, 6.45) is 2.72. The highest BCUT2D eigenvalue weighted by Gasteiger charge is 2.41. The van der Waals surface area contributed by atoms with Gasteiger partial charge in [0.1, 0.15) is 5.82 Å². The van der Waals surface area contributed by atoms with E-state index in [0.717, 1.165) is 18.9 Å². The number of amides is 1. The number of hydrogen-bond donors (Lipinski definition) is 3. The average molecular weight is 252 g/mol. The molecule has 1 aromatic rings. The Hall–Kier alpha value is -1.62. The lowest BCUT2D eigenvalue weighted by atomic mass is 10.0. The maximum atomic E-state index is 13.1. The molecule has 1 saturated carbocycles. The largest absolute Gasteiger partial charge is 0.399 e. The Morgan fingerprint density at radius 1 is 1.44 bits per heavy atom. The fourth-order valence-corrected chi connectivity index (χ4v) is 2.04. The van der Waals surface area contributed by atoms with E-state index in [-0.39, 0.29) is 29.2 Å². The second kappa shape index (κ2) is 4.94. The van der Waals surface area contributed by atoms with Crippen LogP contribution in [0.1, 0.15) is 29.6 Å². The van der Waals surface area contributed by atoms with E-state index in [1.54, 1.807) is 0 Å². The molecule has 0 aliphatic heterocycles. The van der Waals surface area contributed by atoms with Gasteiger partial charge in [-0.3, -0.25) is 4.79 Å². The van der Waals surface area contributed by atoms with Crippen LogP contribution in [0.15, 0.2) is 18.2 Å². The first kappa shape index (κ1) is 12.8. The molecule has 1 fully saturated rings. The first-order valence-electron chi connectivity index (χ1n) is 6.00. The van der Waals surface area contributed by atoms with Crippen LogP contribution in [0.25, 0.3) is 0 Å². The van der Waals surface area contributed by atoms with Gasteiger partial charge in [0, 0.05) is 24.4 Å². The number of rotatable bonds is 5. The monoisotopic (exact) mass is 252 g/mol. The van der Waals surface area contributed by atoms with E-state index in [9.17, 15) is 9.18 Å². The van der Waals surface area contributed by atoms with Crippen molar-refractivity contribution in [2.75, 3.05) is 18.9 Å². The lowest BCUT2D eigenvalue weighted by Crippen LogP contribution is -2.30. The molecule has 4 nitrogen and oxygen atoms in total. The molecule has 0 unspecified atom stereocenters. The minimum Gasteiger partial charge on any atom is -0.399 e. The highest BCUT2D eigenvalue weighted by atomic mass is 19.1. The van der Waals surface area contributed by atoms with Gasteiger partial charge in [-0.2, -0.15) is 0 Å². The third-order valence-corrected chi connectivity index (χ3v) is 3.41. The zero-order valence-electron chi connectivity index (χ0n) is 10.1. The summed E-state index contributed by atoms with van der Waals surface area (Å²) in [6, 6.07) is 3.78. The summed E-state index contributed by atoms with van der Waals surface area (Å²) < 4.78 is 13.1. The number of hydrogen-bond acceptors (Lipinski definition) is 3. The molecule has 5 heteroatoms. The lowest BCUT2D eigenvalue weighted by Gasteiger charge is -2.14. The first-order chi connectivity index (χ1) is 8.54. The molecule has 4 N–H and O–H groups in total. The Kier molecular flexibility index (Phi) is 3.52. The number of carbonyl (C=O) groups excluding carboxylic acids is 1. The van der Waals surface area contributed by atoms with Crippen LogP contribution >= 0.6 is 0 Å². The third kappa shape index (κ3) is 2.98. The van der Waals surface area contributed by atoms with Gasteiger partial charge in [0.2, 0.25) is 0 Å². The molecule has 0 aromatic heterocycles. The van der Waals surface area contributed by atoms with Gasteiger partial charge in [0.25, 0.3) is 5.91 Å². The Bertz CT molecular complexity index is 438. The van der Waals surface area contributed by atoms with Gasteiger partial charge < -0.3 is 16.2 Å². The standard InChI is InChI=1S/C13H17FN2O2/c14-10-5-9(6-11(15)7-10)12(18)16-8-13(1-2-13)3-4-17/h5-7,17H,1-4,8,15H2,(H,16,18). The summed E-state index contributed by atoms with van der Waals surface area (Å²) in [4.78, 5) is 11.8. The van der Waals surface area contributed by atoms with Crippen LogP contribution in [-0.2, 0) is 0 Å². The van der Waals surface area contributed by atoms with Crippen LogP contribution in [0, 0.1) is 11.2 Å². The van der Waals surface area contributed by atoms with Gasteiger partial charge in [-0.05, 0) is 42.9 Å². The molecule has 2 rings (SSSR count). The lowest BCUT2D eigenvalue weighted by molar-refractivity contribution is 0.0940. The van der Waals surface area contributed by atoms with Crippen molar-refractivity contribution in [3.8, 4) is 0 Å². The topological polar surface area (TPSA) is 75.4 Å². The molecule has 18 heavy (non-hydrogen) atoms. The normalized spacial score (nSPS) is 16.3. The molecule has 1 aromatic carbocycles. The van der Waals surface area contributed by atoms with Crippen molar-refractivity contribution in [2.45, 2.75) is 19.3 Å². The summed E-state index contributed by atoms with van der Waals surface area (Å²) >= 11 is 0. The number of nitrogens with one attached hydrogen (secondary N) is 1. The smallest absolute Gasteiger partial charge is 0.251 e. The molecule has 0 radical (unpaired) electrons. The highest BCUT2D eigenvalue weighted by Crippen LogP contribution is 2.47. The number of benzene rings is 1. The van der Waals surface area contributed by atoms with Gasteiger partial charge in [-0.1, -0.05) is 0 Å². The number of carbonyl (C=O) groups is 1. The Morgan fingerprint density at radius 3 is 2.72 bits per heavy atom. The summed E-state index contributed by atoms with van der Waals surface area (Å²) in [5.74, 6) is -0.845. The quantitative estimate of drug-likeness (QED) is 0.691. The molecule has 1 amide bonds. The maximum Gasteiger partial charge on any atom is 0.251 e. The number of halogens is 1. The summed E-state index contributed by atoms with van der Waals surface area (Å²) in [5, 5.41) is 11.7. The van der Waals surface area contributed by atoms with E-state index in [4.69, 9.17) is 10.8 Å². The third-order valence-electron chi connectivity index (χ3n) is 3.41. The molecule has 0 spiro atoms. The summed E-state index contributed by atoms with van der Waals surface area (Å²) in [7, 11) is 0. The number of aliphatic hydroxyl groups is 1. The molecule has 0 bridgehead atoms. The first-order valence-corrected chi connectivity index (χ1v) is 6.00. The van der Waals surface area contributed by atoms with E-state index in [1.165, 1.54) is 12.1 Å². The molecular formula is C13H17FN2O2. The molecule has 1 aliphatic rings. The van der Waals surface area contributed by atoms with Crippen molar-refractivity contribution < 1.29 is 14.3 Å². The van der Waals surface area contributed by atoms with E-state index >= 15 is 0 Å². The van der Waals surface area contributed by atoms with E-state index in [0.29, 0.717) is 13.0 Å². The molecule has 1 aliphatic carbocycles. The fourth-order valence-electron chi connectivity index (χ4n) is 2.04. The number of anilines is 1. The Morgan fingerprint density at radius 2 is 2.17 bits per heavy atom. The number of nitrogen functional groups attached to an aromatic ring is 1. The maximum absolute atomic E-state index is 13.1. The predicted molar refractivity (Wildman–Crippen MR) is 66.5 cm³/mol. The van der Waals surface area contributed by atoms with Gasteiger partial charge in [-0.15, -0.1) is 0 Å². The molecule has 0 atom stereocenters. The average Bonchev–Trinajstić information content (AvgIpc) is 3.06. The summed E-state index contributed by atoms with van der Waals surface area (Å²) in [5.41, 5.74) is 5.99. The molecular weight excluding hydrogens is 235 g/mol. The van der Waals surface area contributed by atoms with Gasteiger partial charge >= 0.3 is 0 Å². The number of nitrogens with two attached hydrogens (primary N) is 1. The number of aliphatic hydroxyl groups excluding tert-OH is 1. The van der Waals surface area contributed by atoms with E-state index in [2.05, 4.69) is 5.32 Å². The van der Waals surface area contributed by atoms with Crippen LogP contribution in [0.5, 0.6) is 0 Å². The second-order valence-electron chi connectivity index (χ2n) is 4.93. The molecule has 0 heterocycles. The van der Waals surface area contributed by atoms with E-state index in [1.807, 2.05) is 0 Å². The van der Waals surface area contributed by atoms with Crippen LogP contribution < -0.4 is 11.1 Å². The van der Waals surface area contributed by atoms with Gasteiger partial charge in [0.15, 0.2) is 0 Å². The zero-order valence-corrected chi connectivity index (χ0v) is 10.1. The van der Waals surface area contributed by atoms with E-state index < -0.39 is 5.82 Å². The van der Waals surface area contributed by atoms with Crippen LogP contribution in [0.2, 0.25) is 0 Å². The van der Waals surface area contributed by atoms with Crippen molar-refractivity contribution in [2.24, 2.45) is 5.41 Å². The van der Waals surface area contributed by atoms with Gasteiger partial charge in [0.05, 0.1) is 0 Å². The minimum absolute atomic E-state index is 0.0449. The van der Waals surface area contributed by atoms with Crippen molar-refractivity contribution in [1.29, 1.82) is 0 Å². The van der Waals surface area contributed by atoms with Crippen LogP contribution in [0.3, 0.4) is 0 Å². The zero-order chi connectivity index (χ0) is 13.2. The second-order valence-corrected chi connectivity index (χ2v) is 4.93. The van der Waals surface area contributed by atoms with Crippen LogP contribution in [0.4, 0.5) is 10.1 Å². The fraction of sp³-hybridized carbons (Fsp3) is 0.462. The van der Waals surface area contributed by atoms with Gasteiger partial charge in [-0.25, -0.2) is 4.39 Å². The predicted octanol–water partition coefficient (Wildman–Crippen LogP) is 1.30. The minimum atomic E-state index is -0.517.